The molecule has 1 aromatic heterocycles. The van der Waals surface area contributed by atoms with Crippen LogP contribution in [0.15, 0.2) is 24.3 Å². The first-order valence-electron chi connectivity index (χ1n) is 9.43. The number of hydrogen-bond acceptors (Lipinski definition) is 5. The molecule has 0 saturated heterocycles. The number of methoxy groups -OCH3 is 2. The van der Waals surface area contributed by atoms with Crippen LogP contribution in [0.5, 0.6) is 5.75 Å². The molecular weight excluding hydrogens is 392 g/mol. The highest BCUT2D eigenvalue weighted by molar-refractivity contribution is 7.80. The zero-order chi connectivity index (χ0) is 20.1. The first-order chi connectivity index (χ1) is 13.5. The Bertz CT molecular complexity index is 863. The van der Waals surface area contributed by atoms with Crippen LogP contribution in [0.25, 0.3) is 0 Å². The Morgan fingerprint density at radius 1 is 1.32 bits per heavy atom. The number of nitrogens with one attached hydrogen (secondary N) is 2. The van der Waals surface area contributed by atoms with Gasteiger partial charge in [0, 0.05) is 11.4 Å². The van der Waals surface area contributed by atoms with E-state index in [0.29, 0.717) is 23.1 Å². The summed E-state index contributed by atoms with van der Waals surface area (Å²) in [6.07, 6.45) is 3.79. The van der Waals surface area contributed by atoms with E-state index in [-0.39, 0.29) is 5.97 Å². The van der Waals surface area contributed by atoms with E-state index in [0.717, 1.165) is 47.6 Å². The Morgan fingerprint density at radius 3 is 2.86 bits per heavy atom. The van der Waals surface area contributed by atoms with Crippen molar-refractivity contribution >= 4 is 39.6 Å². The van der Waals surface area contributed by atoms with Gasteiger partial charge in [-0.3, -0.25) is 0 Å². The summed E-state index contributed by atoms with van der Waals surface area (Å²) in [5.41, 5.74) is 2.88. The van der Waals surface area contributed by atoms with Crippen LogP contribution < -0.4 is 15.4 Å². The molecule has 0 spiro atoms. The molecule has 7 heteroatoms. The van der Waals surface area contributed by atoms with E-state index in [1.54, 1.807) is 18.4 Å². The van der Waals surface area contributed by atoms with Crippen molar-refractivity contribution in [3.05, 3.63) is 45.8 Å². The predicted molar refractivity (Wildman–Crippen MR) is 118 cm³/mol. The topological polar surface area (TPSA) is 59.6 Å². The lowest BCUT2D eigenvalue weighted by molar-refractivity contribution is 0.0601. The van der Waals surface area contributed by atoms with Crippen molar-refractivity contribution in [1.29, 1.82) is 0 Å². The summed E-state index contributed by atoms with van der Waals surface area (Å²) >= 11 is 7.07. The summed E-state index contributed by atoms with van der Waals surface area (Å²) in [5, 5.41) is 7.73. The molecule has 5 nitrogen and oxygen atoms in total. The average Bonchev–Trinajstić information content (AvgIpc) is 3.04. The second kappa shape index (κ2) is 9.39. The first kappa shape index (κ1) is 20.6. The summed E-state index contributed by atoms with van der Waals surface area (Å²) in [6, 6.07) is 7.94. The smallest absolute Gasteiger partial charge is 0.341 e. The van der Waals surface area contributed by atoms with Gasteiger partial charge < -0.3 is 20.1 Å². The van der Waals surface area contributed by atoms with Crippen LogP contribution in [0.3, 0.4) is 0 Å². The van der Waals surface area contributed by atoms with Gasteiger partial charge in [-0.2, -0.15) is 0 Å². The van der Waals surface area contributed by atoms with Gasteiger partial charge in [0.2, 0.25) is 0 Å². The van der Waals surface area contributed by atoms with E-state index >= 15 is 0 Å². The number of hydrogen-bond donors (Lipinski definition) is 2. The second-order valence-corrected chi connectivity index (χ2v) is 8.50. The number of para-hydroxylation sites is 1. The fraction of sp³-hybridized carbons (Fsp3) is 0.429. The van der Waals surface area contributed by atoms with Crippen LogP contribution in [0.2, 0.25) is 0 Å². The number of carbonyl (C=O) groups excluding carboxylic acids is 1. The average molecular weight is 419 g/mol. The molecule has 1 aromatic carbocycles. The maximum Gasteiger partial charge on any atom is 0.341 e. The van der Waals surface area contributed by atoms with E-state index in [4.69, 9.17) is 21.7 Å². The number of esters is 1. The van der Waals surface area contributed by atoms with E-state index in [2.05, 4.69) is 17.6 Å². The third-order valence-electron chi connectivity index (χ3n) is 5.00. The van der Waals surface area contributed by atoms with Gasteiger partial charge in [-0.1, -0.05) is 25.1 Å². The molecule has 28 heavy (non-hydrogen) atoms. The van der Waals surface area contributed by atoms with Crippen LogP contribution in [-0.2, 0) is 24.0 Å². The van der Waals surface area contributed by atoms with Gasteiger partial charge in [0.1, 0.15) is 10.8 Å². The molecular formula is C21H26N2O3S2. The zero-order valence-electron chi connectivity index (χ0n) is 16.5. The SMILES string of the molecule is COC(=O)c1c(NC(=S)NCCc2ccccc2OC)sc2c1CCC(C)C2. The van der Waals surface area contributed by atoms with E-state index in [1.807, 2.05) is 24.3 Å². The van der Waals surface area contributed by atoms with Crippen molar-refractivity contribution in [2.45, 2.75) is 32.6 Å². The number of fused-ring (bicyclic) bond motifs is 1. The monoisotopic (exact) mass is 418 g/mol. The fourth-order valence-electron chi connectivity index (χ4n) is 3.52. The van der Waals surface area contributed by atoms with E-state index in [9.17, 15) is 4.79 Å². The lowest BCUT2D eigenvalue weighted by Crippen LogP contribution is -2.30. The number of rotatable bonds is 6. The first-order valence-corrected chi connectivity index (χ1v) is 10.7. The normalized spacial score (nSPS) is 15.5. The minimum absolute atomic E-state index is 0.300. The number of thiocarbonyl (C=S) groups is 1. The Morgan fingerprint density at radius 2 is 2.11 bits per heavy atom. The van der Waals surface area contributed by atoms with Crippen LogP contribution in [0.1, 0.15) is 39.7 Å². The quantitative estimate of drug-likeness (QED) is 0.542. The highest BCUT2D eigenvalue weighted by Crippen LogP contribution is 2.40. The van der Waals surface area contributed by atoms with Crippen LogP contribution >= 0.6 is 23.6 Å². The Balaban J connectivity index is 1.66. The molecule has 2 aromatic rings. The van der Waals surface area contributed by atoms with Crippen molar-refractivity contribution < 1.29 is 14.3 Å². The molecule has 3 rings (SSSR count). The van der Waals surface area contributed by atoms with Gasteiger partial charge >= 0.3 is 5.97 Å². The number of thiophene rings is 1. The molecule has 0 radical (unpaired) electrons. The zero-order valence-corrected chi connectivity index (χ0v) is 18.1. The standard InChI is InChI=1S/C21H26N2O3S2/c1-13-8-9-15-17(12-13)28-19(18(15)20(24)26-3)23-21(27)22-11-10-14-6-4-5-7-16(14)25-2/h4-7,13H,8-12H2,1-3H3,(H2,22,23,27). The Labute approximate surface area is 175 Å². The minimum atomic E-state index is -0.300. The molecule has 1 aliphatic carbocycles. The molecule has 0 amide bonds. The fourth-order valence-corrected chi connectivity index (χ4v) is 5.20. The summed E-state index contributed by atoms with van der Waals surface area (Å²) in [4.78, 5) is 13.6. The molecule has 150 valence electrons. The number of anilines is 1. The highest BCUT2D eigenvalue weighted by Gasteiger charge is 2.28. The molecule has 1 aliphatic rings. The maximum atomic E-state index is 12.4. The van der Waals surface area contributed by atoms with Crippen molar-refractivity contribution in [3.63, 3.8) is 0 Å². The van der Waals surface area contributed by atoms with Gasteiger partial charge in [0.05, 0.1) is 19.8 Å². The molecule has 1 atom stereocenters. The highest BCUT2D eigenvalue weighted by atomic mass is 32.1. The number of benzene rings is 1. The molecule has 0 fully saturated rings. The molecule has 0 bridgehead atoms. The number of ether oxygens (including phenoxy) is 2. The van der Waals surface area contributed by atoms with Crippen LogP contribution in [0, 0.1) is 5.92 Å². The maximum absolute atomic E-state index is 12.4. The summed E-state index contributed by atoms with van der Waals surface area (Å²) < 4.78 is 10.4. The largest absolute Gasteiger partial charge is 0.496 e. The van der Waals surface area contributed by atoms with Crippen molar-refractivity contribution in [1.82, 2.24) is 5.32 Å². The van der Waals surface area contributed by atoms with Crippen LogP contribution in [0.4, 0.5) is 5.00 Å². The van der Waals surface area contributed by atoms with E-state index < -0.39 is 0 Å². The predicted octanol–water partition coefficient (Wildman–Crippen LogP) is 4.20. The molecule has 0 saturated carbocycles. The molecule has 2 N–H and O–H groups in total. The van der Waals surface area contributed by atoms with Crippen molar-refractivity contribution in [3.8, 4) is 5.75 Å². The molecule has 0 aliphatic heterocycles. The summed E-state index contributed by atoms with van der Waals surface area (Å²) in [7, 11) is 3.09. The Kier molecular flexibility index (Phi) is 6.91. The van der Waals surface area contributed by atoms with Gasteiger partial charge in [0.25, 0.3) is 0 Å². The van der Waals surface area contributed by atoms with Crippen LogP contribution in [-0.4, -0.2) is 31.8 Å². The van der Waals surface area contributed by atoms with E-state index in [1.165, 1.54) is 12.0 Å². The molecule has 1 unspecified atom stereocenters. The van der Waals surface area contributed by atoms with Gasteiger partial charge in [0.15, 0.2) is 5.11 Å². The lowest BCUT2D eigenvalue weighted by atomic mass is 9.88. The van der Waals surface area contributed by atoms with Gasteiger partial charge in [-0.15, -0.1) is 11.3 Å². The van der Waals surface area contributed by atoms with Gasteiger partial charge in [-0.05, 0) is 61.0 Å². The third-order valence-corrected chi connectivity index (χ3v) is 6.42. The van der Waals surface area contributed by atoms with Gasteiger partial charge in [-0.25, -0.2) is 4.79 Å². The minimum Gasteiger partial charge on any atom is -0.496 e. The van der Waals surface area contributed by atoms with Crippen molar-refractivity contribution in [2.75, 3.05) is 26.1 Å². The lowest BCUT2D eigenvalue weighted by Gasteiger charge is -2.18. The summed E-state index contributed by atoms with van der Waals surface area (Å²) in [5.74, 6) is 1.21. The summed E-state index contributed by atoms with van der Waals surface area (Å²) in [6.45, 7) is 2.92. The molecule has 1 heterocycles. The number of carbonyl (C=O) groups is 1. The second-order valence-electron chi connectivity index (χ2n) is 6.99. The van der Waals surface area contributed by atoms with Crippen molar-refractivity contribution in [2.24, 2.45) is 5.92 Å². The Hall–Kier alpha value is -2.12. The third kappa shape index (κ3) is 4.64.